The number of pyridine rings is 1. The highest BCUT2D eigenvalue weighted by atomic mass is 79.9. The van der Waals surface area contributed by atoms with Gasteiger partial charge in [0.05, 0.1) is 5.02 Å². The molecular weight excluding hydrogens is 340 g/mol. The molecule has 0 radical (unpaired) electrons. The first-order valence-corrected chi connectivity index (χ1v) is 7.35. The molecule has 0 aliphatic rings. The van der Waals surface area contributed by atoms with Crippen LogP contribution in [0.15, 0.2) is 47.1 Å². The van der Waals surface area contributed by atoms with Gasteiger partial charge in [-0.1, -0.05) is 17.7 Å². The van der Waals surface area contributed by atoms with Crippen LogP contribution in [0.4, 0.5) is 0 Å². The van der Waals surface area contributed by atoms with Crippen LogP contribution in [-0.4, -0.2) is 29.4 Å². The lowest BCUT2D eigenvalue weighted by atomic mass is 10.2. The van der Waals surface area contributed by atoms with Crippen molar-refractivity contribution in [3.8, 4) is 0 Å². The average molecular weight is 354 g/mol. The summed E-state index contributed by atoms with van der Waals surface area (Å²) in [7, 11) is 1.78. The molecule has 0 N–H and O–H groups in total. The maximum absolute atomic E-state index is 12.3. The molecule has 0 fully saturated rings. The molecule has 2 rings (SSSR count). The van der Waals surface area contributed by atoms with Crippen molar-refractivity contribution in [2.45, 2.75) is 6.42 Å². The molecule has 0 aliphatic carbocycles. The van der Waals surface area contributed by atoms with Crippen molar-refractivity contribution >= 4 is 33.4 Å². The summed E-state index contributed by atoms with van der Waals surface area (Å²) < 4.78 is 0.784. The molecule has 1 aromatic heterocycles. The Morgan fingerprint density at radius 2 is 2.15 bits per heavy atom. The van der Waals surface area contributed by atoms with E-state index in [0.29, 0.717) is 17.1 Å². The number of halogens is 2. The van der Waals surface area contributed by atoms with Crippen LogP contribution in [0, 0.1) is 0 Å². The SMILES string of the molecule is CN(CCc1ccccn1)C(=O)c1ccc(Br)c(Cl)c1. The molecule has 0 atom stereocenters. The van der Waals surface area contributed by atoms with Crippen molar-refractivity contribution in [1.82, 2.24) is 9.88 Å². The van der Waals surface area contributed by atoms with Gasteiger partial charge in [0.15, 0.2) is 0 Å². The zero-order chi connectivity index (χ0) is 14.5. The Hall–Kier alpha value is -1.39. The number of hydrogen-bond acceptors (Lipinski definition) is 2. The number of carbonyl (C=O) groups excluding carboxylic acids is 1. The first-order valence-electron chi connectivity index (χ1n) is 6.18. The van der Waals surface area contributed by atoms with Gasteiger partial charge >= 0.3 is 0 Å². The molecule has 0 saturated heterocycles. The third-order valence-corrected chi connectivity index (χ3v) is 4.18. The molecule has 2 aromatic rings. The van der Waals surface area contributed by atoms with E-state index >= 15 is 0 Å². The highest BCUT2D eigenvalue weighted by molar-refractivity contribution is 9.10. The van der Waals surface area contributed by atoms with E-state index in [0.717, 1.165) is 16.6 Å². The molecule has 5 heteroatoms. The number of nitrogens with zero attached hydrogens (tertiary/aromatic N) is 2. The minimum Gasteiger partial charge on any atom is -0.341 e. The number of likely N-dealkylation sites (N-methyl/N-ethyl adjacent to an activating group) is 1. The molecule has 0 spiro atoms. The summed E-state index contributed by atoms with van der Waals surface area (Å²) in [5.74, 6) is -0.0460. The number of benzene rings is 1. The topological polar surface area (TPSA) is 33.2 Å². The Morgan fingerprint density at radius 3 is 2.80 bits per heavy atom. The second-order valence-corrected chi connectivity index (χ2v) is 5.69. The predicted molar refractivity (Wildman–Crippen MR) is 84.1 cm³/mol. The molecule has 0 bridgehead atoms. The third-order valence-electron chi connectivity index (χ3n) is 2.94. The molecule has 1 aromatic carbocycles. The Kier molecular flexibility index (Phi) is 5.15. The molecule has 104 valence electrons. The average Bonchev–Trinajstić information content (AvgIpc) is 2.48. The summed E-state index contributed by atoms with van der Waals surface area (Å²) in [4.78, 5) is 18.2. The fourth-order valence-electron chi connectivity index (χ4n) is 1.78. The van der Waals surface area contributed by atoms with E-state index in [9.17, 15) is 4.79 Å². The maximum Gasteiger partial charge on any atom is 0.253 e. The highest BCUT2D eigenvalue weighted by Gasteiger charge is 2.13. The van der Waals surface area contributed by atoms with Gasteiger partial charge in [-0.25, -0.2) is 0 Å². The molecular formula is C15H14BrClN2O. The van der Waals surface area contributed by atoms with Crippen LogP contribution in [0.1, 0.15) is 16.1 Å². The van der Waals surface area contributed by atoms with Gasteiger partial charge in [0.2, 0.25) is 0 Å². The summed E-state index contributed by atoms with van der Waals surface area (Å²) in [6.45, 7) is 0.615. The summed E-state index contributed by atoms with van der Waals surface area (Å²) >= 11 is 9.32. The molecule has 0 aliphatic heterocycles. The number of carbonyl (C=O) groups is 1. The molecule has 20 heavy (non-hydrogen) atoms. The van der Waals surface area contributed by atoms with Crippen LogP contribution in [0.5, 0.6) is 0 Å². The minimum atomic E-state index is -0.0460. The van der Waals surface area contributed by atoms with Crippen LogP contribution in [0.3, 0.4) is 0 Å². The zero-order valence-electron chi connectivity index (χ0n) is 11.0. The van der Waals surface area contributed by atoms with Crippen LogP contribution in [0.25, 0.3) is 0 Å². The van der Waals surface area contributed by atoms with Crippen LogP contribution in [-0.2, 0) is 6.42 Å². The van der Waals surface area contributed by atoms with Gasteiger partial charge in [0.25, 0.3) is 5.91 Å². The monoisotopic (exact) mass is 352 g/mol. The molecule has 0 unspecified atom stereocenters. The van der Waals surface area contributed by atoms with E-state index in [1.54, 1.807) is 36.3 Å². The van der Waals surface area contributed by atoms with Gasteiger partial charge in [0.1, 0.15) is 0 Å². The number of rotatable bonds is 4. The van der Waals surface area contributed by atoms with E-state index in [1.165, 1.54) is 0 Å². The molecule has 3 nitrogen and oxygen atoms in total. The van der Waals surface area contributed by atoms with Crippen molar-refractivity contribution in [2.24, 2.45) is 0 Å². The van der Waals surface area contributed by atoms with Crippen molar-refractivity contribution < 1.29 is 4.79 Å². The molecule has 1 heterocycles. The van der Waals surface area contributed by atoms with Crippen LogP contribution < -0.4 is 0 Å². The summed E-state index contributed by atoms with van der Waals surface area (Å²) in [6.07, 6.45) is 2.49. The summed E-state index contributed by atoms with van der Waals surface area (Å²) in [5, 5.41) is 0.536. The first-order chi connectivity index (χ1) is 9.58. The summed E-state index contributed by atoms with van der Waals surface area (Å²) in [5.41, 5.74) is 1.56. The second kappa shape index (κ2) is 6.86. The van der Waals surface area contributed by atoms with Crippen LogP contribution >= 0.6 is 27.5 Å². The van der Waals surface area contributed by atoms with Crippen molar-refractivity contribution in [1.29, 1.82) is 0 Å². The van der Waals surface area contributed by atoms with Gasteiger partial charge < -0.3 is 4.90 Å². The Bertz CT molecular complexity index is 604. The fraction of sp³-hybridized carbons (Fsp3) is 0.200. The fourth-order valence-corrected chi connectivity index (χ4v) is 2.21. The first kappa shape index (κ1) is 15.0. The quantitative estimate of drug-likeness (QED) is 0.837. The third kappa shape index (κ3) is 3.81. The molecule has 1 amide bonds. The zero-order valence-corrected chi connectivity index (χ0v) is 13.4. The van der Waals surface area contributed by atoms with E-state index < -0.39 is 0 Å². The van der Waals surface area contributed by atoms with Gasteiger partial charge in [0, 0.05) is 41.9 Å². The van der Waals surface area contributed by atoms with Crippen molar-refractivity contribution in [2.75, 3.05) is 13.6 Å². The Morgan fingerprint density at radius 1 is 1.35 bits per heavy atom. The number of aromatic nitrogens is 1. The predicted octanol–water partition coefficient (Wildman–Crippen LogP) is 3.81. The standard InChI is InChI=1S/C15H14BrClN2O/c1-19(9-7-12-4-2-3-8-18-12)15(20)11-5-6-13(16)14(17)10-11/h2-6,8,10H,7,9H2,1H3. The van der Waals surface area contributed by atoms with Gasteiger partial charge in [-0.3, -0.25) is 9.78 Å². The van der Waals surface area contributed by atoms with E-state index in [-0.39, 0.29) is 5.91 Å². The normalized spacial score (nSPS) is 10.3. The minimum absolute atomic E-state index is 0.0460. The van der Waals surface area contributed by atoms with E-state index in [2.05, 4.69) is 20.9 Å². The largest absolute Gasteiger partial charge is 0.341 e. The van der Waals surface area contributed by atoms with Gasteiger partial charge in [-0.15, -0.1) is 0 Å². The lowest BCUT2D eigenvalue weighted by molar-refractivity contribution is 0.0796. The highest BCUT2D eigenvalue weighted by Crippen LogP contribution is 2.23. The second-order valence-electron chi connectivity index (χ2n) is 4.43. The molecule has 0 saturated carbocycles. The van der Waals surface area contributed by atoms with Gasteiger partial charge in [-0.2, -0.15) is 0 Å². The Labute approximate surface area is 131 Å². The summed E-state index contributed by atoms with van der Waals surface area (Å²) in [6, 6.07) is 11.0. The number of amides is 1. The van der Waals surface area contributed by atoms with Crippen molar-refractivity contribution in [3.63, 3.8) is 0 Å². The Balaban J connectivity index is 1.99. The smallest absolute Gasteiger partial charge is 0.253 e. The van der Waals surface area contributed by atoms with Gasteiger partial charge in [-0.05, 0) is 46.3 Å². The van der Waals surface area contributed by atoms with Crippen LogP contribution in [0.2, 0.25) is 5.02 Å². The van der Waals surface area contributed by atoms with E-state index in [1.807, 2.05) is 18.2 Å². The lowest BCUT2D eigenvalue weighted by Crippen LogP contribution is -2.29. The van der Waals surface area contributed by atoms with Crippen molar-refractivity contribution in [3.05, 3.63) is 63.3 Å². The number of hydrogen-bond donors (Lipinski definition) is 0. The van der Waals surface area contributed by atoms with E-state index in [4.69, 9.17) is 11.6 Å². The lowest BCUT2D eigenvalue weighted by Gasteiger charge is -2.17. The maximum atomic E-state index is 12.3.